The van der Waals surface area contributed by atoms with Gasteiger partial charge in [-0.3, -0.25) is 9.59 Å². The fourth-order valence-corrected chi connectivity index (χ4v) is 3.65. The number of halogens is 1. The second-order valence-corrected chi connectivity index (χ2v) is 7.64. The Labute approximate surface area is 162 Å². The maximum absolute atomic E-state index is 12.9. The molecule has 1 unspecified atom stereocenters. The standard InChI is InChI=1S/C21H23BrN2O2/c1-23(15-17-9-11-18(22)12-10-17)21(26)19-8-5-13-24(19)20(25)14-16-6-3-2-4-7-16/h2-4,6-7,9-12,19H,5,8,13-15H2,1H3. The number of rotatable bonds is 5. The van der Waals surface area contributed by atoms with Crippen molar-refractivity contribution in [3.05, 3.63) is 70.2 Å². The molecule has 0 radical (unpaired) electrons. The van der Waals surface area contributed by atoms with Crippen LogP contribution >= 0.6 is 15.9 Å². The van der Waals surface area contributed by atoms with Crippen LogP contribution in [0.3, 0.4) is 0 Å². The lowest BCUT2D eigenvalue weighted by atomic mass is 10.1. The van der Waals surface area contributed by atoms with Crippen LogP contribution in [-0.4, -0.2) is 41.2 Å². The van der Waals surface area contributed by atoms with E-state index in [2.05, 4.69) is 15.9 Å². The van der Waals surface area contributed by atoms with Crippen molar-refractivity contribution >= 4 is 27.7 Å². The fourth-order valence-electron chi connectivity index (χ4n) is 3.39. The maximum Gasteiger partial charge on any atom is 0.245 e. The lowest BCUT2D eigenvalue weighted by Crippen LogP contribution is -2.46. The Morgan fingerprint density at radius 3 is 2.46 bits per heavy atom. The molecule has 1 atom stereocenters. The molecule has 4 nitrogen and oxygen atoms in total. The second kappa shape index (κ2) is 8.49. The minimum Gasteiger partial charge on any atom is -0.340 e. The van der Waals surface area contributed by atoms with Crippen molar-refractivity contribution in [3.8, 4) is 0 Å². The number of likely N-dealkylation sites (tertiary alicyclic amines) is 1. The zero-order valence-corrected chi connectivity index (χ0v) is 16.5. The van der Waals surface area contributed by atoms with Crippen molar-refractivity contribution in [1.29, 1.82) is 0 Å². The lowest BCUT2D eigenvalue weighted by molar-refractivity contribution is -0.143. The third kappa shape index (κ3) is 4.52. The second-order valence-electron chi connectivity index (χ2n) is 6.73. The van der Waals surface area contributed by atoms with Crippen molar-refractivity contribution in [2.75, 3.05) is 13.6 Å². The van der Waals surface area contributed by atoms with Crippen LogP contribution in [0.25, 0.3) is 0 Å². The first-order chi connectivity index (χ1) is 12.5. The summed E-state index contributed by atoms with van der Waals surface area (Å²) >= 11 is 3.42. The van der Waals surface area contributed by atoms with Crippen LogP contribution in [-0.2, 0) is 22.6 Å². The molecule has 26 heavy (non-hydrogen) atoms. The predicted octanol–water partition coefficient (Wildman–Crippen LogP) is 3.64. The maximum atomic E-state index is 12.9. The van der Waals surface area contributed by atoms with E-state index in [4.69, 9.17) is 0 Å². The normalized spacial score (nSPS) is 16.5. The van der Waals surface area contributed by atoms with Crippen LogP contribution in [0, 0.1) is 0 Å². The minimum atomic E-state index is -0.341. The van der Waals surface area contributed by atoms with Gasteiger partial charge in [0.1, 0.15) is 6.04 Å². The van der Waals surface area contributed by atoms with Gasteiger partial charge in [0.15, 0.2) is 0 Å². The molecular formula is C21H23BrN2O2. The SMILES string of the molecule is CN(Cc1ccc(Br)cc1)C(=O)C1CCCN1C(=O)Cc1ccccc1. The van der Waals surface area contributed by atoms with Gasteiger partial charge in [-0.2, -0.15) is 0 Å². The Balaban J connectivity index is 1.63. The van der Waals surface area contributed by atoms with Gasteiger partial charge in [-0.25, -0.2) is 0 Å². The van der Waals surface area contributed by atoms with Gasteiger partial charge in [-0.1, -0.05) is 58.4 Å². The van der Waals surface area contributed by atoms with Crippen LogP contribution in [0.2, 0.25) is 0 Å². The lowest BCUT2D eigenvalue weighted by Gasteiger charge is -2.28. The van der Waals surface area contributed by atoms with E-state index in [1.165, 1.54) is 0 Å². The summed E-state index contributed by atoms with van der Waals surface area (Å²) < 4.78 is 1.02. The highest BCUT2D eigenvalue weighted by atomic mass is 79.9. The van der Waals surface area contributed by atoms with Crippen LogP contribution in [0.5, 0.6) is 0 Å². The predicted molar refractivity (Wildman–Crippen MR) is 105 cm³/mol. The highest BCUT2D eigenvalue weighted by Gasteiger charge is 2.35. The molecule has 0 N–H and O–H groups in total. The van der Waals surface area contributed by atoms with Gasteiger partial charge in [-0.15, -0.1) is 0 Å². The van der Waals surface area contributed by atoms with E-state index >= 15 is 0 Å². The molecule has 0 bridgehead atoms. The monoisotopic (exact) mass is 414 g/mol. The van der Waals surface area contributed by atoms with Crippen molar-refractivity contribution in [1.82, 2.24) is 9.80 Å². The first kappa shape index (κ1) is 18.6. The minimum absolute atomic E-state index is 0.0202. The number of benzene rings is 2. The molecular weight excluding hydrogens is 392 g/mol. The molecule has 1 heterocycles. The van der Waals surface area contributed by atoms with Gasteiger partial charge >= 0.3 is 0 Å². The van der Waals surface area contributed by atoms with E-state index in [0.717, 1.165) is 28.4 Å². The molecule has 2 amide bonds. The third-order valence-corrected chi connectivity index (χ3v) is 5.29. The summed E-state index contributed by atoms with van der Waals surface area (Å²) in [5.41, 5.74) is 2.06. The summed E-state index contributed by atoms with van der Waals surface area (Å²) in [5.74, 6) is 0.0518. The van der Waals surface area contributed by atoms with E-state index in [-0.39, 0.29) is 17.9 Å². The number of carbonyl (C=O) groups is 2. The van der Waals surface area contributed by atoms with Crippen molar-refractivity contribution in [2.24, 2.45) is 0 Å². The summed E-state index contributed by atoms with van der Waals surface area (Å²) in [4.78, 5) is 29.1. The van der Waals surface area contributed by atoms with Gasteiger partial charge in [0.2, 0.25) is 11.8 Å². The number of likely N-dealkylation sites (N-methyl/N-ethyl adjacent to an activating group) is 1. The Kier molecular flexibility index (Phi) is 6.09. The fraction of sp³-hybridized carbons (Fsp3) is 0.333. The molecule has 0 aromatic heterocycles. The number of hydrogen-bond acceptors (Lipinski definition) is 2. The van der Waals surface area contributed by atoms with Gasteiger partial charge in [-0.05, 0) is 36.1 Å². The summed E-state index contributed by atoms with van der Waals surface area (Å²) in [6.45, 7) is 1.21. The third-order valence-electron chi connectivity index (χ3n) is 4.77. The number of carbonyl (C=O) groups excluding carboxylic acids is 2. The molecule has 1 saturated heterocycles. The van der Waals surface area contributed by atoms with Crippen molar-refractivity contribution in [3.63, 3.8) is 0 Å². The molecule has 0 saturated carbocycles. The summed E-state index contributed by atoms with van der Waals surface area (Å²) in [5, 5.41) is 0. The quantitative estimate of drug-likeness (QED) is 0.748. The van der Waals surface area contributed by atoms with Gasteiger partial charge in [0.05, 0.1) is 6.42 Å². The van der Waals surface area contributed by atoms with Crippen LogP contribution in [0.15, 0.2) is 59.1 Å². The van der Waals surface area contributed by atoms with Crippen LogP contribution < -0.4 is 0 Å². The molecule has 2 aromatic carbocycles. The molecule has 1 fully saturated rings. The molecule has 136 valence electrons. The first-order valence-corrected chi connectivity index (χ1v) is 9.66. The zero-order chi connectivity index (χ0) is 18.5. The summed E-state index contributed by atoms with van der Waals surface area (Å²) in [7, 11) is 1.81. The van der Waals surface area contributed by atoms with E-state index in [0.29, 0.717) is 19.5 Å². The molecule has 1 aliphatic rings. The van der Waals surface area contributed by atoms with Gasteiger partial charge < -0.3 is 9.80 Å². The Morgan fingerprint density at radius 2 is 1.77 bits per heavy atom. The number of hydrogen-bond donors (Lipinski definition) is 0. The van der Waals surface area contributed by atoms with Crippen LogP contribution in [0.4, 0.5) is 0 Å². The Hall–Kier alpha value is -2.14. The number of nitrogens with zero attached hydrogens (tertiary/aromatic N) is 2. The molecule has 5 heteroatoms. The zero-order valence-electron chi connectivity index (χ0n) is 14.9. The molecule has 1 aliphatic heterocycles. The smallest absolute Gasteiger partial charge is 0.245 e. The number of amides is 2. The molecule has 3 rings (SSSR count). The highest BCUT2D eigenvalue weighted by Crippen LogP contribution is 2.21. The molecule has 2 aromatic rings. The molecule has 0 spiro atoms. The van der Waals surface area contributed by atoms with Gasteiger partial charge in [0.25, 0.3) is 0 Å². The molecule has 0 aliphatic carbocycles. The average Bonchev–Trinajstić information content (AvgIpc) is 3.13. The van der Waals surface area contributed by atoms with E-state index in [9.17, 15) is 9.59 Å². The highest BCUT2D eigenvalue weighted by molar-refractivity contribution is 9.10. The Bertz CT molecular complexity index is 761. The van der Waals surface area contributed by atoms with E-state index in [1.807, 2.05) is 61.6 Å². The summed E-state index contributed by atoms with van der Waals surface area (Å²) in [6.07, 6.45) is 1.97. The van der Waals surface area contributed by atoms with E-state index < -0.39 is 0 Å². The first-order valence-electron chi connectivity index (χ1n) is 8.87. The van der Waals surface area contributed by atoms with Crippen molar-refractivity contribution < 1.29 is 9.59 Å². The van der Waals surface area contributed by atoms with Crippen molar-refractivity contribution in [2.45, 2.75) is 31.8 Å². The van der Waals surface area contributed by atoms with Gasteiger partial charge in [0, 0.05) is 24.6 Å². The van der Waals surface area contributed by atoms with Crippen LogP contribution in [0.1, 0.15) is 24.0 Å². The Morgan fingerprint density at radius 1 is 1.08 bits per heavy atom. The average molecular weight is 415 g/mol. The largest absolute Gasteiger partial charge is 0.340 e. The summed E-state index contributed by atoms with van der Waals surface area (Å²) in [6, 6.07) is 17.3. The van der Waals surface area contributed by atoms with E-state index in [1.54, 1.807) is 9.80 Å². The topological polar surface area (TPSA) is 40.6 Å².